The van der Waals surface area contributed by atoms with Gasteiger partial charge >= 0.3 is 5.97 Å². The molecule has 4 rings (SSSR count). The number of carbonyl (C=O) groups is 2. The van der Waals surface area contributed by atoms with Crippen molar-refractivity contribution in [3.05, 3.63) is 53.5 Å². The zero-order valence-electron chi connectivity index (χ0n) is 18.6. The molecule has 1 saturated heterocycles. The Bertz CT molecular complexity index is 1020. The molecule has 32 heavy (non-hydrogen) atoms. The van der Waals surface area contributed by atoms with E-state index in [1.807, 2.05) is 29.8 Å². The van der Waals surface area contributed by atoms with Crippen molar-refractivity contribution in [3.63, 3.8) is 0 Å². The second kappa shape index (κ2) is 9.77. The molecule has 1 aromatic carbocycles. The summed E-state index contributed by atoms with van der Waals surface area (Å²) in [4.78, 5) is 25.5. The van der Waals surface area contributed by atoms with Gasteiger partial charge in [-0.3, -0.25) is 9.59 Å². The van der Waals surface area contributed by atoms with Crippen molar-refractivity contribution in [3.8, 4) is 11.3 Å². The lowest BCUT2D eigenvalue weighted by atomic mass is 9.78. The van der Waals surface area contributed by atoms with Gasteiger partial charge in [-0.15, -0.1) is 0 Å². The van der Waals surface area contributed by atoms with Gasteiger partial charge in [-0.05, 0) is 64.2 Å². The van der Waals surface area contributed by atoms with Crippen molar-refractivity contribution < 1.29 is 23.5 Å². The second-order valence-electron chi connectivity index (χ2n) is 8.40. The number of benzene rings is 1. The van der Waals surface area contributed by atoms with Gasteiger partial charge in [-0.25, -0.2) is 9.07 Å². The van der Waals surface area contributed by atoms with Gasteiger partial charge in [0.15, 0.2) is 12.0 Å². The van der Waals surface area contributed by atoms with Crippen molar-refractivity contribution in [2.45, 2.75) is 52.2 Å². The molecule has 0 saturated carbocycles. The molecule has 2 aliphatic rings. The first kappa shape index (κ1) is 22.4. The predicted octanol–water partition coefficient (Wildman–Crippen LogP) is 5.02. The van der Waals surface area contributed by atoms with Gasteiger partial charge in [0.2, 0.25) is 0 Å². The van der Waals surface area contributed by atoms with Crippen molar-refractivity contribution in [2.24, 2.45) is 11.8 Å². The highest BCUT2D eigenvalue weighted by Gasteiger charge is 2.36. The molecule has 3 atom stereocenters. The van der Waals surface area contributed by atoms with E-state index in [-0.39, 0.29) is 24.2 Å². The molecule has 2 aromatic rings. The fourth-order valence-corrected chi connectivity index (χ4v) is 4.56. The second-order valence-corrected chi connectivity index (χ2v) is 8.40. The molecule has 1 aliphatic carbocycles. The van der Waals surface area contributed by atoms with Crippen LogP contribution in [0, 0.1) is 24.6 Å². The lowest BCUT2D eigenvalue weighted by molar-refractivity contribution is -0.149. The average molecular weight is 441 g/mol. The van der Waals surface area contributed by atoms with E-state index >= 15 is 4.39 Å². The van der Waals surface area contributed by atoms with Crippen LogP contribution in [0.3, 0.4) is 0 Å². The fourth-order valence-electron chi connectivity index (χ4n) is 4.56. The van der Waals surface area contributed by atoms with Crippen LogP contribution in [0.25, 0.3) is 11.3 Å². The predicted molar refractivity (Wildman–Crippen MR) is 118 cm³/mol. The molecule has 170 valence electrons. The van der Waals surface area contributed by atoms with E-state index < -0.39 is 23.6 Å². The Balaban J connectivity index is 1.61. The van der Waals surface area contributed by atoms with Gasteiger partial charge in [0.25, 0.3) is 0 Å². The molecule has 3 unspecified atom stereocenters. The Morgan fingerprint density at radius 1 is 1.19 bits per heavy atom. The third-order valence-corrected chi connectivity index (χ3v) is 6.18. The topological polar surface area (TPSA) is 70.4 Å². The summed E-state index contributed by atoms with van der Waals surface area (Å²) in [6.07, 6.45) is 7.35. The number of hydrogen-bond acceptors (Lipinski definition) is 5. The minimum Gasteiger partial charge on any atom is -0.466 e. The van der Waals surface area contributed by atoms with Crippen LogP contribution < -0.4 is 0 Å². The van der Waals surface area contributed by atoms with Crippen LogP contribution in [0.2, 0.25) is 0 Å². The molecule has 0 bridgehead atoms. The minimum atomic E-state index is -0.622. The van der Waals surface area contributed by atoms with Crippen LogP contribution in [0.5, 0.6) is 0 Å². The number of hydrogen-bond donors (Lipinski definition) is 0. The van der Waals surface area contributed by atoms with Crippen LogP contribution >= 0.6 is 0 Å². The summed E-state index contributed by atoms with van der Waals surface area (Å²) < 4.78 is 28.0. The molecule has 1 aliphatic heterocycles. The highest BCUT2D eigenvalue weighted by Crippen LogP contribution is 2.33. The molecule has 1 aromatic heterocycles. The number of ketones is 1. The number of Topliss-reactive ketones (excluding diaryl/α,β-unsaturated/α-hetero) is 1. The molecule has 6 nitrogen and oxygen atoms in total. The van der Waals surface area contributed by atoms with Crippen molar-refractivity contribution in [2.75, 3.05) is 13.2 Å². The van der Waals surface area contributed by atoms with E-state index in [2.05, 4.69) is 5.10 Å². The number of ether oxygens (including phenoxy) is 2. The Kier molecular flexibility index (Phi) is 6.84. The van der Waals surface area contributed by atoms with Crippen LogP contribution in [0.15, 0.2) is 36.4 Å². The maximum atomic E-state index is 15.2. The highest BCUT2D eigenvalue weighted by molar-refractivity contribution is 6.00. The van der Waals surface area contributed by atoms with E-state index in [0.29, 0.717) is 25.0 Å². The van der Waals surface area contributed by atoms with Crippen molar-refractivity contribution >= 4 is 11.8 Å². The van der Waals surface area contributed by atoms with E-state index in [4.69, 9.17) is 9.47 Å². The lowest BCUT2D eigenvalue weighted by Gasteiger charge is -2.26. The van der Waals surface area contributed by atoms with Gasteiger partial charge in [-0.1, -0.05) is 18.2 Å². The molecule has 2 heterocycles. The third-order valence-electron chi connectivity index (χ3n) is 6.18. The normalized spacial score (nSPS) is 23.2. The number of halogens is 1. The zero-order chi connectivity index (χ0) is 22.7. The molecular formula is C25H29FN2O4. The number of esters is 1. The van der Waals surface area contributed by atoms with E-state index in [9.17, 15) is 9.59 Å². The van der Waals surface area contributed by atoms with Gasteiger partial charge in [0, 0.05) is 18.1 Å². The summed E-state index contributed by atoms with van der Waals surface area (Å²) in [7, 11) is 0. The Hall–Kier alpha value is -2.80. The fraction of sp³-hybridized carbons (Fsp3) is 0.480. The maximum Gasteiger partial charge on any atom is 0.309 e. The number of aromatic nitrogens is 2. The summed E-state index contributed by atoms with van der Waals surface area (Å²) in [5.41, 5.74) is 2.22. The van der Waals surface area contributed by atoms with E-state index in [1.165, 1.54) is 12.1 Å². The monoisotopic (exact) mass is 440 g/mol. The maximum absolute atomic E-state index is 15.2. The van der Waals surface area contributed by atoms with Gasteiger partial charge < -0.3 is 9.47 Å². The molecule has 0 N–H and O–H groups in total. The van der Waals surface area contributed by atoms with Crippen molar-refractivity contribution in [1.29, 1.82) is 0 Å². The van der Waals surface area contributed by atoms with Crippen LogP contribution in [-0.2, 0) is 14.3 Å². The van der Waals surface area contributed by atoms with Gasteiger partial charge in [0.1, 0.15) is 5.82 Å². The Labute approximate surface area is 187 Å². The number of rotatable bonds is 6. The molecule has 0 amide bonds. The first-order valence-electron chi connectivity index (χ1n) is 11.3. The summed E-state index contributed by atoms with van der Waals surface area (Å²) in [5.74, 6) is -2.57. The SMILES string of the molecule is CCOC(=O)C1CC=CCC1C(=O)c1ccc(-c2cc(C)nn2C2CCCCO2)cc1F. The number of carbonyl (C=O) groups excluding carboxylic acids is 2. The lowest BCUT2D eigenvalue weighted by Crippen LogP contribution is -2.33. The summed E-state index contributed by atoms with van der Waals surface area (Å²) in [5, 5.41) is 4.56. The molecule has 0 spiro atoms. The van der Waals surface area contributed by atoms with Crippen molar-refractivity contribution in [1.82, 2.24) is 9.78 Å². The van der Waals surface area contributed by atoms with Crippen LogP contribution in [0.1, 0.15) is 61.3 Å². The summed E-state index contributed by atoms with van der Waals surface area (Å²) >= 11 is 0. The van der Waals surface area contributed by atoms with Crippen LogP contribution in [-0.4, -0.2) is 34.7 Å². The molecule has 7 heteroatoms. The average Bonchev–Trinajstić information content (AvgIpc) is 3.21. The summed E-state index contributed by atoms with van der Waals surface area (Å²) in [6, 6.07) is 6.53. The molecule has 0 radical (unpaired) electrons. The quantitative estimate of drug-likeness (QED) is 0.358. The number of aryl methyl sites for hydroxylation is 1. The standard InChI is InChI=1S/C25H29FN2O4/c1-3-31-25(30)19-9-5-4-8-18(19)24(29)20-12-11-17(15-21(20)26)22-14-16(2)27-28(22)23-10-6-7-13-32-23/h4-5,11-12,14-15,18-19,23H,3,6-10,13H2,1-2H3. The first-order chi connectivity index (χ1) is 15.5. The minimum absolute atomic E-state index is 0.0000482. The Morgan fingerprint density at radius 3 is 2.66 bits per heavy atom. The number of nitrogens with zero attached hydrogens (tertiary/aromatic N) is 2. The van der Waals surface area contributed by atoms with Gasteiger partial charge in [0.05, 0.1) is 29.5 Å². The smallest absolute Gasteiger partial charge is 0.309 e. The largest absolute Gasteiger partial charge is 0.466 e. The highest BCUT2D eigenvalue weighted by atomic mass is 19.1. The molecular weight excluding hydrogens is 411 g/mol. The molecule has 1 fully saturated rings. The summed E-state index contributed by atoms with van der Waals surface area (Å²) in [6.45, 7) is 4.56. The zero-order valence-corrected chi connectivity index (χ0v) is 18.6. The Morgan fingerprint density at radius 2 is 1.97 bits per heavy atom. The van der Waals surface area contributed by atoms with E-state index in [0.717, 1.165) is 30.7 Å². The number of allylic oxidation sites excluding steroid dienone is 2. The van der Waals surface area contributed by atoms with Crippen LogP contribution in [0.4, 0.5) is 4.39 Å². The van der Waals surface area contributed by atoms with E-state index in [1.54, 1.807) is 13.0 Å². The first-order valence-corrected chi connectivity index (χ1v) is 11.3. The van der Waals surface area contributed by atoms with Gasteiger partial charge in [-0.2, -0.15) is 5.10 Å². The third kappa shape index (κ3) is 4.53.